The first kappa shape index (κ1) is 14.1. The molecule has 0 aliphatic heterocycles. The Morgan fingerprint density at radius 1 is 1.29 bits per heavy atom. The maximum Gasteiger partial charge on any atom is 0.257 e. The van der Waals surface area contributed by atoms with Crippen molar-refractivity contribution in [3.05, 3.63) is 34.1 Å². The van der Waals surface area contributed by atoms with Crippen LogP contribution in [0.2, 0.25) is 0 Å². The second-order valence-electron chi connectivity index (χ2n) is 3.34. The molecule has 1 aromatic rings. The molecule has 0 atom stereocenters. The SMILES string of the molecule is O=C(c1cccc(Br)c1F)N(CCO)CCO. The lowest BCUT2D eigenvalue weighted by Gasteiger charge is -2.21. The van der Waals surface area contributed by atoms with E-state index < -0.39 is 11.7 Å². The number of benzene rings is 1. The number of aliphatic hydroxyl groups excluding tert-OH is 2. The van der Waals surface area contributed by atoms with E-state index in [1.165, 1.54) is 17.0 Å². The summed E-state index contributed by atoms with van der Waals surface area (Å²) in [4.78, 5) is 13.1. The third kappa shape index (κ3) is 3.49. The molecule has 4 nitrogen and oxygen atoms in total. The van der Waals surface area contributed by atoms with Gasteiger partial charge in [-0.05, 0) is 28.1 Å². The second-order valence-corrected chi connectivity index (χ2v) is 4.20. The van der Waals surface area contributed by atoms with Gasteiger partial charge in [-0.15, -0.1) is 0 Å². The number of carbonyl (C=O) groups excluding carboxylic acids is 1. The van der Waals surface area contributed by atoms with Gasteiger partial charge in [0.1, 0.15) is 5.82 Å². The first-order chi connectivity index (χ1) is 8.11. The molecule has 2 N–H and O–H groups in total. The molecule has 0 saturated carbocycles. The Bertz CT molecular complexity index is 394. The molecular formula is C11H13BrFNO3. The minimum Gasteiger partial charge on any atom is -0.395 e. The van der Waals surface area contributed by atoms with Crippen LogP contribution in [0.3, 0.4) is 0 Å². The predicted molar refractivity (Wildman–Crippen MR) is 64.2 cm³/mol. The largest absolute Gasteiger partial charge is 0.395 e. The standard InChI is InChI=1S/C11H13BrFNO3/c12-9-3-1-2-8(10(9)13)11(17)14(4-6-15)5-7-16/h1-3,15-16H,4-7H2. The fraction of sp³-hybridized carbons (Fsp3) is 0.364. The highest BCUT2D eigenvalue weighted by Crippen LogP contribution is 2.19. The Hall–Kier alpha value is -0.980. The molecule has 0 saturated heterocycles. The average Bonchev–Trinajstić information content (AvgIpc) is 2.31. The molecule has 0 radical (unpaired) electrons. The van der Waals surface area contributed by atoms with Gasteiger partial charge >= 0.3 is 0 Å². The number of nitrogens with zero attached hydrogens (tertiary/aromatic N) is 1. The van der Waals surface area contributed by atoms with E-state index in [1.807, 2.05) is 0 Å². The Balaban J connectivity index is 2.96. The van der Waals surface area contributed by atoms with Crippen molar-refractivity contribution in [1.29, 1.82) is 0 Å². The molecule has 17 heavy (non-hydrogen) atoms. The van der Waals surface area contributed by atoms with Crippen molar-refractivity contribution in [1.82, 2.24) is 4.90 Å². The number of aliphatic hydroxyl groups is 2. The van der Waals surface area contributed by atoms with Crippen LogP contribution in [0.25, 0.3) is 0 Å². The quantitative estimate of drug-likeness (QED) is 0.854. The number of halogens is 2. The number of hydrogen-bond donors (Lipinski definition) is 2. The summed E-state index contributed by atoms with van der Waals surface area (Å²) < 4.78 is 13.9. The van der Waals surface area contributed by atoms with Crippen LogP contribution in [0.15, 0.2) is 22.7 Å². The van der Waals surface area contributed by atoms with E-state index in [-0.39, 0.29) is 36.3 Å². The van der Waals surface area contributed by atoms with Crippen molar-refractivity contribution in [2.45, 2.75) is 0 Å². The molecule has 0 aromatic heterocycles. The average molecular weight is 306 g/mol. The maximum atomic E-state index is 13.7. The van der Waals surface area contributed by atoms with Gasteiger partial charge in [0.2, 0.25) is 0 Å². The van der Waals surface area contributed by atoms with Crippen molar-refractivity contribution in [2.75, 3.05) is 26.3 Å². The molecule has 0 aliphatic rings. The second kappa shape index (κ2) is 6.68. The van der Waals surface area contributed by atoms with Crippen molar-refractivity contribution in [3.63, 3.8) is 0 Å². The summed E-state index contributed by atoms with van der Waals surface area (Å²) in [5, 5.41) is 17.6. The zero-order chi connectivity index (χ0) is 12.8. The minimum atomic E-state index is -0.640. The van der Waals surface area contributed by atoms with Crippen LogP contribution in [0.1, 0.15) is 10.4 Å². The topological polar surface area (TPSA) is 60.8 Å². The lowest BCUT2D eigenvalue weighted by atomic mass is 10.2. The third-order valence-corrected chi connectivity index (χ3v) is 2.82. The highest BCUT2D eigenvalue weighted by molar-refractivity contribution is 9.10. The molecule has 94 valence electrons. The van der Waals surface area contributed by atoms with Gasteiger partial charge in [-0.1, -0.05) is 6.07 Å². The smallest absolute Gasteiger partial charge is 0.257 e. The van der Waals surface area contributed by atoms with E-state index in [0.29, 0.717) is 0 Å². The van der Waals surface area contributed by atoms with Crippen LogP contribution in [-0.4, -0.2) is 47.3 Å². The Kier molecular flexibility index (Phi) is 5.54. The summed E-state index contributed by atoms with van der Waals surface area (Å²) in [6.45, 7) is -0.348. The number of carbonyl (C=O) groups is 1. The molecule has 1 amide bonds. The molecule has 0 heterocycles. The van der Waals surface area contributed by atoms with E-state index in [0.717, 1.165) is 0 Å². The van der Waals surface area contributed by atoms with Gasteiger partial charge in [-0.3, -0.25) is 4.79 Å². The van der Waals surface area contributed by atoms with Crippen LogP contribution in [-0.2, 0) is 0 Å². The maximum absolute atomic E-state index is 13.7. The van der Waals surface area contributed by atoms with Gasteiger partial charge in [0.05, 0.1) is 23.2 Å². The zero-order valence-electron chi connectivity index (χ0n) is 9.07. The number of rotatable bonds is 5. The normalized spacial score (nSPS) is 10.4. The van der Waals surface area contributed by atoms with Crippen molar-refractivity contribution in [3.8, 4) is 0 Å². The molecule has 0 unspecified atom stereocenters. The predicted octanol–water partition coefficient (Wildman–Crippen LogP) is 1.01. The Morgan fingerprint density at radius 2 is 1.88 bits per heavy atom. The fourth-order valence-corrected chi connectivity index (χ4v) is 1.76. The summed E-state index contributed by atoms with van der Waals surface area (Å²) in [5.74, 6) is -1.19. The van der Waals surface area contributed by atoms with Crippen LogP contribution in [0.5, 0.6) is 0 Å². The van der Waals surface area contributed by atoms with Gasteiger partial charge in [0, 0.05) is 13.1 Å². The first-order valence-electron chi connectivity index (χ1n) is 5.06. The van der Waals surface area contributed by atoms with Gasteiger partial charge in [-0.25, -0.2) is 4.39 Å². The fourth-order valence-electron chi connectivity index (χ4n) is 1.40. The molecule has 1 rings (SSSR count). The van der Waals surface area contributed by atoms with Crippen LogP contribution >= 0.6 is 15.9 Å². The van der Waals surface area contributed by atoms with E-state index in [2.05, 4.69) is 15.9 Å². The lowest BCUT2D eigenvalue weighted by molar-refractivity contribution is 0.0680. The van der Waals surface area contributed by atoms with Gasteiger partial charge in [0.25, 0.3) is 5.91 Å². The summed E-state index contributed by atoms with van der Waals surface area (Å²) in [6.07, 6.45) is 0. The first-order valence-corrected chi connectivity index (χ1v) is 5.86. The highest BCUT2D eigenvalue weighted by atomic mass is 79.9. The van der Waals surface area contributed by atoms with Gasteiger partial charge in [0.15, 0.2) is 0 Å². The van der Waals surface area contributed by atoms with E-state index in [4.69, 9.17) is 10.2 Å². The zero-order valence-corrected chi connectivity index (χ0v) is 10.7. The number of amides is 1. The lowest BCUT2D eigenvalue weighted by Crippen LogP contribution is -2.36. The molecule has 0 aliphatic carbocycles. The molecule has 0 spiro atoms. The summed E-state index contributed by atoms with van der Waals surface area (Å²) in [6, 6.07) is 4.41. The van der Waals surface area contributed by atoms with Gasteiger partial charge < -0.3 is 15.1 Å². The summed E-state index contributed by atoms with van der Waals surface area (Å²) >= 11 is 3.00. The molecular weight excluding hydrogens is 293 g/mol. The van der Waals surface area contributed by atoms with Gasteiger partial charge in [-0.2, -0.15) is 0 Å². The molecule has 0 bridgehead atoms. The molecule has 1 aromatic carbocycles. The van der Waals surface area contributed by atoms with Crippen molar-refractivity contribution >= 4 is 21.8 Å². The van der Waals surface area contributed by atoms with Crippen LogP contribution in [0, 0.1) is 5.82 Å². The third-order valence-electron chi connectivity index (χ3n) is 2.21. The van der Waals surface area contributed by atoms with E-state index >= 15 is 0 Å². The molecule has 0 fully saturated rings. The Morgan fingerprint density at radius 3 is 2.41 bits per heavy atom. The monoisotopic (exact) mass is 305 g/mol. The number of hydrogen-bond acceptors (Lipinski definition) is 3. The van der Waals surface area contributed by atoms with Crippen molar-refractivity contribution < 1.29 is 19.4 Å². The highest BCUT2D eigenvalue weighted by Gasteiger charge is 2.19. The van der Waals surface area contributed by atoms with E-state index in [9.17, 15) is 9.18 Å². The van der Waals surface area contributed by atoms with E-state index in [1.54, 1.807) is 6.07 Å². The Labute approximate surface area is 107 Å². The van der Waals surface area contributed by atoms with Crippen LogP contribution < -0.4 is 0 Å². The summed E-state index contributed by atoms with van der Waals surface area (Å²) in [7, 11) is 0. The van der Waals surface area contributed by atoms with Crippen molar-refractivity contribution in [2.24, 2.45) is 0 Å². The van der Waals surface area contributed by atoms with Crippen LogP contribution in [0.4, 0.5) is 4.39 Å². The molecule has 6 heteroatoms. The minimum absolute atomic E-state index is 0.0609. The summed E-state index contributed by atoms with van der Waals surface area (Å²) in [5.41, 5.74) is -0.0822.